The highest BCUT2D eigenvalue weighted by atomic mass is 35.5. The topological polar surface area (TPSA) is 29.9 Å². The first-order valence-electron chi connectivity index (χ1n) is 5.40. The maximum absolute atomic E-state index is 6.24. The molecule has 0 saturated heterocycles. The van der Waals surface area contributed by atoms with Crippen LogP contribution in [0.5, 0.6) is 0 Å². The number of hydrogen-bond donors (Lipinski definition) is 1. The van der Waals surface area contributed by atoms with Crippen molar-refractivity contribution < 1.29 is 0 Å². The van der Waals surface area contributed by atoms with Crippen LogP contribution < -0.4 is 5.32 Å². The lowest BCUT2D eigenvalue weighted by molar-refractivity contribution is 0.462. The smallest absolute Gasteiger partial charge is 0.0847 e. The summed E-state index contributed by atoms with van der Waals surface area (Å²) in [6.07, 6.45) is 3.65. The van der Waals surface area contributed by atoms with Crippen molar-refractivity contribution in [2.75, 3.05) is 13.6 Å². The monoisotopic (exact) mass is 227 g/mol. The maximum Gasteiger partial charge on any atom is 0.0847 e. The van der Waals surface area contributed by atoms with E-state index >= 15 is 0 Å². The Morgan fingerprint density at radius 3 is 2.60 bits per heavy atom. The van der Waals surface area contributed by atoms with Gasteiger partial charge in [-0.1, -0.05) is 11.6 Å². The SMILES string of the molecule is CNCC1(Cc2c(Cl)c(C)nn2C)CC1. The van der Waals surface area contributed by atoms with Gasteiger partial charge in [0.25, 0.3) is 0 Å². The quantitative estimate of drug-likeness (QED) is 0.852. The van der Waals surface area contributed by atoms with Crippen LogP contribution in [0.2, 0.25) is 5.02 Å². The summed E-state index contributed by atoms with van der Waals surface area (Å²) in [7, 11) is 3.99. The Bertz CT molecular complexity index is 366. The minimum Gasteiger partial charge on any atom is -0.319 e. The standard InChI is InChI=1S/C11H18ClN3/c1-8-10(12)9(15(3)14-8)6-11(4-5-11)7-13-2/h13H,4-7H2,1-3H3. The molecule has 0 unspecified atom stereocenters. The number of nitrogens with zero attached hydrogens (tertiary/aromatic N) is 2. The van der Waals surface area contributed by atoms with Crippen LogP contribution in [0.4, 0.5) is 0 Å². The van der Waals surface area contributed by atoms with Gasteiger partial charge in [0.1, 0.15) is 0 Å². The number of hydrogen-bond acceptors (Lipinski definition) is 2. The Kier molecular flexibility index (Phi) is 2.77. The fourth-order valence-corrected chi connectivity index (χ4v) is 2.42. The normalized spacial score (nSPS) is 18.1. The number of halogens is 1. The van der Waals surface area contributed by atoms with Crippen molar-refractivity contribution in [1.82, 2.24) is 15.1 Å². The number of aromatic nitrogens is 2. The number of aryl methyl sites for hydroxylation is 2. The Balaban J connectivity index is 2.17. The van der Waals surface area contributed by atoms with Gasteiger partial charge >= 0.3 is 0 Å². The summed E-state index contributed by atoms with van der Waals surface area (Å²) in [5.41, 5.74) is 2.56. The van der Waals surface area contributed by atoms with Crippen LogP contribution in [0.25, 0.3) is 0 Å². The summed E-state index contributed by atoms with van der Waals surface area (Å²) in [6, 6.07) is 0. The van der Waals surface area contributed by atoms with E-state index in [2.05, 4.69) is 10.4 Å². The molecule has 1 aliphatic carbocycles. The highest BCUT2D eigenvalue weighted by molar-refractivity contribution is 6.31. The van der Waals surface area contributed by atoms with Crippen LogP contribution >= 0.6 is 11.6 Å². The van der Waals surface area contributed by atoms with Crippen LogP contribution in [0.15, 0.2) is 0 Å². The van der Waals surface area contributed by atoms with Gasteiger partial charge in [-0.2, -0.15) is 5.10 Å². The largest absolute Gasteiger partial charge is 0.319 e. The second kappa shape index (κ2) is 3.80. The minimum atomic E-state index is 0.443. The first-order chi connectivity index (χ1) is 7.08. The molecule has 0 aliphatic heterocycles. The van der Waals surface area contributed by atoms with E-state index in [0.717, 1.165) is 23.7 Å². The molecule has 1 fully saturated rings. The van der Waals surface area contributed by atoms with Crippen molar-refractivity contribution in [2.24, 2.45) is 12.5 Å². The molecule has 1 saturated carbocycles. The molecular formula is C11H18ClN3. The molecule has 1 aromatic rings. The van der Waals surface area contributed by atoms with Gasteiger partial charge in [-0.25, -0.2) is 0 Å². The molecule has 1 aliphatic rings. The zero-order chi connectivity index (χ0) is 11.1. The summed E-state index contributed by atoms with van der Waals surface area (Å²) >= 11 is 6.24. The summed E-state index contributed by atoms with van der Waals surface area (Å²) in [5, 5.41) is 8.46. The second-order valence-electron chi connectivity index (χ2n) is 4.68. The predicted molar refractivity (Wildman–Crippen MR) is 62.3 cm³/mol. The molecule has 1 N–H and O–H groups in total. The van der Waals surface area contributed by atoms with Crippen LogP contribution in [0.1, 0.15) is 24.2 Å². The van der Waals surface area contributed by atoms with E-state index in [1.165, 1.54) is 18.5 Å². The summed E-state index contributed by atoms with van der Waals surface area (Å²) in [6.45, 7) is 3.04. The number of nitrogens with one attached hydrogen (secondary N) is 1. The summed E-state index contributed by atoms with van der Waals surface area (Å²) < 4.78 is 1.92. The molecule has 2 rings (SSSR count). The van der Waals surface area contributed by atoms with E-state index in [0.29, 0.717) is 5.41 Å². The third-order valence-corrected chi connectivity index (χ3v) is 3.80. The van der Waals surface area contributed by atoms with Gasteiger partial charge in [0.05, 0.1) is 16.4 Å². The highest BCUT2D eigenvalue weighted by Crippen LogP contribution is 2.48. The lowest BCUT2D eigenvalue weighted by Gasteiger charge is -2.14. The highest BCUT2D eigenvalue weighted by Gasteiger charge is 2.43. The average Bonchev–Trinajstić information content (AvgIpc) is 2.89. The van der Waals surface area contributed by atoms with Gasteiger partial charge < -0.3 is 5.32 Å². The van der Waals surface area contributed by atoms with Crippen molar-refractivity contribution in [2.45, 2.75) is 26.2 Å². The van der Waals surface area contributed by atoms with Crippen molar-refractivity contribution in [3.8, 4) is 0 Å². The molecule has 0 atom stereocenters. The maximum atomic E-state index is 6.24. The van der Waals surface area contributed by atoms with E-state index in [1.54, 1.807) is 0 Å². The molecule has 0 bridgehead atoms. The Hall–Kier alpha value is -0.540. The molecule has 4 heteroatoms. The molecule has 84 valence electrons. The van der Waals surface area contributed by atoms with Gasteiger partial charge in [0, 0.05) is 13.6 Å². The van der Waals surface area contributed by atoms with Gasteiger partial charge in [-0.3, -0.25) is 4.68 Å². The van der Waals surface area contributed by atoms with Crippen LogP contribution in [0.3, 0.4) is 0 Å². The van der Waals surface area contributed by atoms with E-state index < -0.39 is 0 Å². The third-order valence-electron chi connectivity index (χ3n) is 3.31. The molecule has 1 heterocycles. The number of rotatable bonds is 4. The summed E-state index contributed by atoms with van der Waals surface area (Å²) in [5.74, 6) is 0. The third kappa shape index (κ3) is 2.04. The lowest BCUT2D eigenvalue weighted by Crippen LogP contribution is -2.23. The van der Waals surface area contributed by atoms with E-state index in [9.17, 15) is 0 Å². The zero-order valence-electron chi connectivity index (χ0n) is 9.60. The van der Waals surface area contributed by atoms with Gasteiger partial charge in [0.15, 0.2) is 0 Å². The van der Waals surface area contributed by atoms with Crippen LogP contribution in [-0.4, -0.2) is 23.4 Å². The molecule has 0 aromatic carbocycles. The van der Waals surface area contributed by atoms with Gasteiger partial charge in [0.2, 0.25) is 0 Å². The summed E-state index contributed by atoms with van der Waals surface area (Å²) in [4.78, 5) is 0. The van der Waals surface area contributed by atoms with Crippen LogP contribution in [-0.2, 0) is 13.5 Å². The fraction of sp³-hybridized carbons (Fsp3) is 0.727. The zero-order valence-corrected chi connectivity index (χ0v) is 10.4. The molecule has 1 aromatic heterocycles. The van der Waals surface area contributed by atoms with Gasteiger partial charge in [-0.05, 0) is 38.6 Å². The lowest BCUT2D eigenvalue weighted by atomic mass is 10.00. The minimum absolute atomic E-state index is 0.443. The molecule has 15 heavy (non-hydrogen) atoms. The van der Waals surface area contributed by atoms with Crippen molar-refractivity contribution in [3.05, 3.63) is 16.4 Å². The Morgan fingerprint density at radius 2 is 2.20 bits per heavy atom. The van der Waals surface area contributed by atoms with Crippen molar-refractivity contribution in [1.29, 1.82) is 0 Å². The Labute approximate surface area is 95.8 Å². The van der Waals surface area contributed by atoms with Crippen molar-refractivity contribution >= 4 is 11.6 Å². The average molecular weight is 228 g/mol. The van der Waals surface area contributed by atoms with E-state index in [1.807, 2.05) is 25.7 Å². The van der Waals surface area contributed by atoms with Crippen LogP contribution in [0, 0.1) is 12.3 Å². The Morgan fingerprint density at radius 1 is 1.53 bits per heavy atom. The second-order valence-corrected chi connectivity index (χ2v) is 5.05. The molecule has 0 spiro atoms. The predicted octanol–water partition coefficient (Wildman–Crippen LogP) is 1.92. The first kappa shape index (κ1) is 11.0. The molecule has 0 radical (unpaired) electrons. The molecular weight excluding hydrogens is 210 g/mol. The van der Waals surface area contributed by atoms with E-state index in [-0.39, 0.29) is 0 Å². The molecule has 3 nitrogen and oxygen atoms in total. The first-order valence-corrected chi connectivity index (χ1v) is 5.78. The van der Waals surface area contributed by atoms with Crippen molar-refractivity contribution in [3.63, 3.8) is 0 Å². The molecule has 0 amide bonds. The van der Waals surface area contributed by atoms with Gasteiger partial charge in [-0.15, -0.1) is 0 Å². The fourth-order valence-electron chi connectivity index (χ4n) is 2.20. The van der Waals surface area contributed by atoms with E-state index in [4.69, 9.17) is 11.6 Å².